The Labute approximate surface area is 122 Å². The maximum atomic E-state index is 12.3. The van der Waals surface area contributed by atoms with E-state index in [4.69, 9.17) is 0 Å². The van der Waals surface area contributed by atoms with E-state index in [1.807, 2.05) is 55.2 Å². The third kappa shape index (κ3) is 3.73. The van der Waals surface area contributed by atoms with Crippen LogP contribution in [0.1, 0.15) is 23.2 Å². The molecule has 1 saturated heterocycles. The summed E-state index contributed by atoms with van der Waals surface area (Å²) in [6.45, 7) is 4.14. The van der Waals surface area contributed by atoms with Gasteiger partial charge in [0, 0.05) is 45.5 Å². The van der Waals surface area contributed by atoms with E-state index in [0.717, 1.165) is 24.3 Å². The Hall–Kier alpha value is -1.55. The van der Waals surface area contributed by atoms with E-state index >= 15 is 0 Å². The van der Waals surface area contributed by atoms with Gasteiger partial charge in [-0.05, 0) is 50.2 Å². The van der Waals surface area contributed by atoms with Crippen LogP contribution in [0.5, 0.6) is 0 Å². The molecule has 0 atom stereocenters. The first-order valence-electron chi connectivity index (χ1n) is 7.33. The number of nitrogens with zero attached hydrogens (tertiary/aromatic N) is 3. The van der Waals surface area contributed by atoms with Crippen molar-refractivity contribution in [2.24, 2.45) is 0 Å². The summed E-state index contributed by atoms with van der Waals surface area (Å²) >= 11 is 0. The fourth-order valence-electron chi connectivity index (χ4n) is 2.52. The molecule has 0 saturated carbocycles. The van der Waals surface area contributed by atoms with E-state index in [0.29, 0.717) is 0 Å². The number of likely N-dealkylation sites (N-methyl/N-ethyl adjacent to an activating group) is 1. The number of likely N-dealkylation sites (tertiary alicyclic amines) is 1. The first-order chi connectivity index (χ1) is 9.58. The lowest BCUT2D eigenvalue weighted by Crippen LogP contribution is -2.35. The molecule has 1 aliphatic heterocycles. The van der Waals surface area contributed by atoms with Crippen molar-refractivity contribution in [3.05, 3.63) is 29.8 Å². The second-order valence-electron chi connectivity index (χ2n) is 5.72. The smallest absolute Gasteiger partial charge is 0.253 e. The molecule has 4 nitrogen and oxygen atoms in total. The maximum absolute atomic E-state index is 12.3. The molecule has 20 heavy (non-hydrogen) atoms. The number of hydrogen-bond acceptors (Lipinski definition) is 3. The summed E-state index contributed by atoms with van der Waals surface area (Å²) in [7, 11) is 5.89. The minimum absolute atomic E-state index is 0.106. The predicted octanol–water partition coefficient (Wildman–Crippen LogP) is 1.92. The first-order valence-corrected chi connectivity index (χ1v) is 7.33. The Morgan fingerprint density at radius 1 is 1.10 bits per heavy atom. The van der Waals surface area contributed by atoms with Gasteiger partial charge in [-0.1, -0.05) is 0 Å². The van der Waals surface area contributed by atoms with Gasteiger partial charge in [-0.2, -0.15) is 0 Å². The molecule has 1 fully saturated rings. The van der Waals surface area contributed by atoms with Gasteiger partial charge >= 0.3 is 0 Å². The number of rotatable bonds is 5. The van der Waals surface area contributed by atoms with E-state index in [1.165, 1.54) is 25.9 Å². The molecule has 1 amide bonds. The average molecular weight is 275 g/mol. The highest BCUT2D eigenvalue weighted by molar-refractivity contribution is 5.94. The second kappa shape index (κ2) is 6.75. The average Bonchev–Trinajstić information content (AvgIpc) is 2.97. The number of hydrogen-bond donors (Lipinski definition) is 0. The third-order valence-corrected chi connectivity index (χ3v) is 3.93. The SMILES string of the molecule is CN(CCN1CCCC1)C(=O)c1ccc(N(C)C)cc1. The van der Waals surface area contributed by atoms with E-state index in [9.17, 15) is 4.79 Å². The van der Waals surface area contributed by atoms with Crippen molar-refractivity contribution >= 4 is 11.6 Å². The lowest BCUT2D eigenvalue weighted by molar-refractivity contribution is 0.0782. The van der Waals surface area contributed by atoms with Gasteiger partial charge in [-0.3, -0.25) is 4.79 Å². The molecule has 0 bridgehead atoms. The van der Waals surface area contributed by atoms with Crippen LogP contribution in [-0.4, -0.2) is 63.0 Å². The van der Waals surface area contributed by atoms with Crippen LogP contribution >= 0.6 is 0 Å². The standard InChI is InChI=1S/C16H25N3O/c1-17(2)15-8-6-14(7-9-15)16(20)18(3)12-13-19-10-4-5-11-19/h6-9H,4-5,10-13H2,1-3H3. The molecule has 110 valence electrons. The van der Waals surface area contributed by atoms with Gasteiger partial charge < -0.3 is 14.7 Å². The minimum Gasteiger partial charge on any atom is -0.378 e. The molecule has 0 N–H and O–H groups in total. The maximum Gasteiger partial charge on any atom is 0.253 e. The molecule has 1 aliphatic rings. The van der Waals surface area contributed by atoms with Crippen LogP contribution < -0.4 is 4.90 Å². The van der Waals surface area contributed by atoms with E-state index < -0.39 is 0 Å². The van der Waals surface area contributed by atoms with Crippen molar-refractivity contribution in [1.82, 2.24) is 9.80 Å². The van der Waals surface area contributed by atoms with Crippen LogP contribution in [0.3, 0.4) is 0 Å². The lowest BCUT2D eigenvalue weighted by atomic mass is 10.2. The minimum atomic E-state index is 0.106. The Morgan fingerprint density at radius 2 is 1.70 bits per heavy atom. The molecular weight excluding hydrogens is 250 g/mol. The highest BCUT2D eigenvalue weighted by Crippen LogP contribution is 2.13. The molecule has 0 spiro atoms. The summed E-state index contributed by atoms with van der Waals surface area (Å²) < 4.78 is 0. The van der Waals surface area contributed by atoms with Crippen LogP contribution in [0.25, 0.3) is 0 Å². The number of benzene rings is 1. The first kappa shape index (κ1) is 14.9. The summed E-state index contributed by atoms with van der Waals surface area (Å²) in [5, 5.41) is 0. The van der Waals surface area contributed by atoms with Gasteiger partial charge in [0.15, 0.2) is 0 Å². The number of anilines is 1. The molecule has 0 radical (unpaired) electrons. The molecule has 1 aromatic rings. The van der Waals surface area contributed by atoms with Gasteiger partial charge in [-0.25, -0.2) is 0 Å². The Bertz CT molecular complexity index is 436. The van der Waals surface area contributed by atoms with Crippen LogP contribution in [0.4, 0.5) is 5.69 Å². The van der Waals surface area contributed by atoms with Crippen LogP contribution in [0, 0.1) is 0 Å². The fraction of sp³-hybridized carbons (Fsp3) is 0.562. The summed E-state index contributed by atoms with van der Waals surface area (Å²) in [6, 6.07) is 7.79. The second-order valence-corrected chi connectivity index (χ2v) is 5.72. The largest absolute Gasteiger partial charge is 0.378 e. The zero-order valence-corrected chi connectivity index (χ0v) is 12.8. The van der Waals surface area contributed by atoms with Crippen LogP contribution in [-0.2, 0) is 0 Å². The van der Waals surface area contributed by atoms with Gasteiger partial charge in [-0.15, -0.1) is 0 Å². The fourth-order valence-corrected chi connectivity index (χ4v) is 2.52. The molecule has 4 heteroatoms. The van der Waals surface area contributed by atoms with E-state index in [2.05, 4.69) is 4.90 Å². The normalized spacial score (nSPS) is 15.3. The van der Waals surface area contributed by atoms with Gasteiger partial charge in [0.1, 0.15) is 0 Å². The predicted molar refractivity (Wildman–Crippen MR) is 83.4 cm³/mol. The molecule has 1 aromatic carbocycles. The molecule has 1 heterocycles. The molecule has 0 unspecified atom stereocenters. The van der Waals surface area contributed by atoms with E-state index in [-0.39, 0.29) is 5.91 Å². The zero-order valence-electron chi connectivity index (χ0n) is 12.8. The third-order valence-electron chi connectivity index (χ3n) is 3.93. The highest BCUT2D eigenvalue weighted by atomic mass is 16.2. The molecular formula is C16H25N3O. The lowest BCUT2D eigenvalue weighted by Gasteiger charge is -2.22. The summed E-state index contributed by atoms with van der Waals surface area (Å²) in [6.07, 6.45) is 2.59. The van der Waals surface area contributed by atoms with E-state index in [1.54, 1.807) is 0 Å². The van der Waals surface area contributed by atoms with Crippen molar-refractivity contribution in [2.75, 3.05) is 52.2 Å². The van der Waals surface area contributed by atoms with Crippen molar-refractivity contribution < 1.29 is 4.79 Å². The summed E-state index contributed by atoms with van der Waals surface area (Å²) in [5.74, 6) is 0.106. The monoisotopic (exact) mass is 275 g/mol. The number of carbonyl (C=O) groups excluding carboxylic acids is 1. The topological polar surface area (TPSA) is 26.8 Å². The number of amides is 1. The van der Waals surface area contributed by atoms with Crippen LogP contribution in [0.2, 0.25) is 0 Å². The highest BCUT2D eigenvalue weighted by Gasteiger charge is 2.15. The summed E-state index contributed by atoms with van der Waals surface area (Å²) in [4.78, 5) is 18.6. The quantitative estimate of drug-likeness (QED) is 0.821. The summed E-state index contributed by atoms with van der Waals surface area (Å²) in [5.41, 5.74) is 1.88. The Kier molecular flexibility index (Phi) is 5.01. The number of carbonyl (C=O) groups is 1. The zero-order chi connectivity index (χ0) is 14.5. The van der Waals surface area contributed by atoms with Crippen molar-refractivity contribution in [1.29, 1.82) is 0 Å². The van der Waals surface area contributed by atoms with Gasteiger partial charge in [0.2, 0.25) is 0 Å². The van der Waals surface area contributed by atoms with Crippen molar-refractivity contribution in [3.63, 3.8) is 0 Å². The molecule has 0 aliphatic carbocycles. The Morgan fingerprint density at radius 3 is 2.25 bits per heavy atom. The molecule has 0 aromatic heterocycles. The van der Waals surface area contributed by atoms with Crippen LogP contribution in [0.15, 0.2) is 24.3 Å². The van der Waals surface area contributed by atoms with Crippen molar-refractivity contribution in [2.45, 2.75) is 12.8 Å². The molecule has 2 rings (SSSR count). The van der Waals surface area contributed by atoms with Crippen molar-refractivity contribution in [3.8, 4) is 0 Å². The Balaban J connectivity index is 1.88. The van der Waals surface area contributed by atoms with Gasteiger partial charge in [0.25, 0.3) is 5.91 Å². The van der Waals surface area contributed by atoms with Gasteiger partial charge in [0.05, 0.1) is 0 Å².